The molecule has 0 rings (SSSR count). The van der Waals surface area contributed by atoms with Gasteiger partial charge in [-0.2, -0.15) is 0 Å². The van der Waals surface area contributed by atoms with E-state index in [1.54, 1.807) is 7.11 Å². The maximum absolute atomic E-state index is 5.12. The first-order chi connectivity index (χ1) is 6.76. The zero-order chi connectivity index (χ0) is 10.8. The van der Waals surface area contributed by atoms with Crippen LogP contribution in [-0.2, 0) is 4.74 Å². The second-order valence-electron chi connectivity index (χ2n) is 3.68. The molecule has 0 saturated heterocycles. The molecule has 86 valence electrons. The molecule has 0 aromatic rings. The highest BCUT2D eigenvalue weighted by Crippen LogP contribution is 2.06. The molecule has 0 amide bonds. The fraction of sp³-hybridized carbons (Fsp3) is 1.00. The van der Waals surface area contributed by atoms with E-state index in [-0.39, 0.29) is 0 Å². The van der Waals surface area contributed by atoms with Gasteiger partial charge >= 0.3 is 0 Å². The predicted molar refractivity (Wildman–Crippen MR) is 66.2 cm³/mol. The molecule has 2 nitrogen and oxygen atoms in total. The number of alkyl halides is 1. The van der Waals surface area contributed by atoms with Crippen molar-refractivity contribution >= 4 is 15.9 Å². The highest BCUT2D eigenvalue weighted by atomic mass is 79.9. The van der Waals surface area contributed by atoms with E-state index in [1.807, 2.05) is 0 Å². The van der Waals surface area contributed by atoms with Gasteiger partial charge in [-0.3, -0.25) is 4.90 Å². The second kappa shape index (κ2) is 9.94. The van der Waals surface area contributed by atoms with Crippen molar-refractivity contribution in [3.8, 4) is 0 Å². The van der Waals surface area contributed by atoms with Crippen molar-refractivity contribution in [2.75, 3.05) is 32.1 Å². The van der Waals surface area contributed by atoms with Crippen LogP contribution in [0.15, 0.2) is 0 Å². The van der Waals surface area contributed by atoms with E-state index >= 15 is 0 Å². The Hall–Kier alpha value is 0.400. The van der Waals surface area contributed by atoms with E-state index < -0.39 is 0 Å². The molecule has 0 N–H and O–H groups in total. The summed E-state index contributed by atoms with van der Waals surface area (Å²) in [6, 6.07) is 0.681. The van der Waals surface area contributed by atoms with Gasteiger partial charge in [0.2, 0.25) is 0 Å². The van der Waals surface area contributed by atoms with Gasteiger partial charge in [0.05, 0.1) is 6.61 Å². The summed E-state index contributed by atoms with van der Waals surface area (Å²) in [6.45, 7) is 7.65. The van der Waals surface area contributed by atoms with Crippen LogP contribution in [0.5, 0.6) is 0 Å². The van der Waals surface area contributed by atoms with Crippen LogP contribution in [0, 0.1) is 0 Å². The lowest BCUT2D eigenvalue weighted by atomic mass is 10.2. The van der Waals surface area contributed by atoms with Crippen molar-refractivity contribution in [2.24, 2.45) is 0 Å². The smallest absolute Gasteiger partial charge is 0.0589 e. The zero-order valence-electron chi connectivity index (χ0n) is 9.76. The molecule has 0 spiro atoms. The summed E-state index contributed by atoms with van der Waals surface area (Å²) < 4.78 is 5.12. The number of ether oxygens (including phenoxy) is 1. The molecule has 0 fully saturated rings. The Labute approximate surface area is 97.1 Å². The Morgan fingerprint density at radius 3 is 2.50 bits per heavy atom. The monoisotopic (exact) mass is 265 g/mol. The summed E-state index contributed by atoms with van der Waals surface area (Å²) in [6.07, 6.45) is 3.76. The van der Waals surface area contributed by atoms with E-state index in [1.165, 1.54) is 25.8 Å². The molecule has 0 aromatic heterocycles. The molecule has 0 aliphatic rings. The maximum Gasteiger partial charge on any atom is 0.0589 e. The molecule has 0 bridgehead atoms. The summed E-state index contributed by atoms with van der Waals surface area (Å²) >= 11 is 3.46. The summed E-state index contributed by atoms with van der Waals surface area (Å²) in [5.74, 6) is 0. The lowest BCUT2D eigenvalue weighted by Crippen LogP contribution is -2.36. The van der Waals surface area contributed by atoms with Gasteiger partial charge in [-0.05, 0) is 32.7 Å². The molecule has 1 unspecified atom stereocenters. The zero-order valence-corrected chi connectivity index (χ0v) is 11.3. The van der Waals surface area contributed by atoms with Gasteiger partial charge in [-0.25, -0.2) is 0 Å². The van der Waals surface area contributed by atoms with E-state index in [0.29, 0.717) is 6.04 Å². The third-order valence-electron chi connectivity index (χ3n) is 2.63. The Morgan fingerprint density at radius 2 is 2.00 bits per heavy atom. The quantitative estimate of drug-likeness (QED) is 0.470. The van der Waals surface area contributed by atoms with Gasteiger partial charge in [0.15, 0.2) is 0 Å². The summed E-state index contributed by atoms with van der Waals surface area (Å²) in [5, 5.41) is 1.12. The van der Waals surface area contributed by atoms with Crippen molar-refractivity contribution in [1.29, 1.82) is 0 Å². The highest BCUT2D eigenvalue weighted by Gasteiger charge is 2.10. The van der Waals surface area contributed by atoms with Gasteiger partial charge in [-0.15, -0.1) is 0 Å². The Morgan fingerprint density at radius 1 is 1.29 bits per heavy atom. The van der Waals surface area contributed by atoms with Crippen molar-refractivity contribution in [2.45, 2.75) is 39.2 Å². The highest BCUT2D eigenvalue weighted by molar-refractivity contribution is 9.09. The van der Waals surface area contributed by atoms with E-state index in [4.69, 9.17) is 4.74 Å². The standard InChI is InChI=1S/C11H24BrNO/c1-4-11(2)13(9-10-14-3)8-6-5-7-12/h11H,4-10H2,1-3H3. The molecule has 14 heavy (non-hydrogen) atoms. The van der Waals surface area contributed by atoms with Crippen LogP contribution in [0.2, 0.25) is 0 Å². The molecule has 0 saturated carbocycles. The molecule has 0 radical (unpaired) electrons. The lowest BCUT2D eigenvalue weighted by Gasteiger charge is -2.27. The average molecular weight is 266 g/mol. The number of hydrogen-bond donors (Lipinski definition) is 0. The second-order valence-corrected chi connectivity index (χ2v) is 4.48. The number of halogens is 1. The minimum absolute atomic E-state index is 0.681. The molecule has 1 atom stereocenters. The van der Waals surface area contributed by atoms with Crippen molar-refractivity contribution in [3.63, 3.8) is 0 Å². The van der Waals surface area contributed by atoms with E-state index in [2.05, 4.69) is 34.7 Å². The van der Waals surface area contributed by atoms with Crippen molar-refractivity contribution < 1.29 is 4.74 Å². The van der Waals surface area contributed by atoms with E-state index in [9.17, 15) is 0 Å². The minimum atomic E-state index is 0.681. The number of unbranched alkanes of at least 4 members (excludes halogenated alkanes) is 1. The molecular weight excluding hydrogens is 242 g/mol. The third-order valence-corrected chi connectivity index (χ3v) is 3.19. The first kappa shape index (κ1) is 14.4. The maximum atomic E-state index is 5.12. The van der Waals surface area contributed by atoms with Crippen molar-refractivity contribution in [1.82, 2.24) is 4.90 Å². The Kier molecular flexibility index (Phi) is 10.2. The van der Waals surface area contributed by atoms with Crippen LogP contribution >= 0.6 is 15.9 Å². The van der Waals surface area contributed by atoms with Gasteiger partial charge in [0.25, 0.3) is 0 Å². The van der Waals surface area contributed by atoms with E-state index in [0.717, 1.165) is 18.5 Å². The average Bonchev–Trinajstić information content (AvgIpc) is 2.22. The number of rotatable bonds is 9. The summed E-state index contributed by atoms with van der Waals surface area (Å²) in [4.78, 5) is 2.52. The number of nitrogens with zero attached hydrogens (tertiary/aromatic N) is 1. The first-order valence-electron chi connectivity index (χ1n) is 5.55. The van der Waals surface area contributed by atoms with Gasteiger partial charge in [0.1, 0.15) is 0 Å². The number of hydrogen-bond acceptors (Lipinski definition) is 2. The van der Waals surface area contributed by atoms with Crippen LogP contribution in [-0.4, -0.2) is 43.1 Å². The minimum Gasteiger partial charge on any atom is -0.383 e. The third kappa shape index (κ3) is 6.80. The number of methoxy groups -OCH3 is 1. The Balaban J connectivity index is 3.72. The summed E-state index contributed by atoms with van der Waals surface area (Å²) in [5.41, 5.74) is 0. The van der Waals surface area contributed by atoms with Crippen molar-refractivity contribution in [3.05, 3.63) is 0 Å². The van der Waals surface area contributed by atoms with Crippen LogP contribution < -0.4 is 0 Å². The van der Waals surface area contributed by atoms with Gasteiger partial charge in [-0.1, -0.05) is 22.9 Å². The lowest BCUT2D eigenvalue weighted by molar-refractivity contribution is 0.122. The Bertz CT molecular complexity index is 122. The first-order valence-corrected chi connectivity index (χ1v) is 6.67. The fourth-order valence-corrected chi connectivity index (χ4v) is 1.83. The van der Waals surface area contributed by atoms with Gasteiger partial charge in [0, 0.05) is 25.0 Å². The fourth-order valence-electron chi connectivity index (χ4n) is 1.43. The largest absolute Gasteiger partial charge is 0.383 e. The molecule has 0 aliphatic carbocycles. The van der Waals surface area contributed by atoms with Crippen LogP contribution in [0.1, 0.15) is 33.1 Å². The normalized spacial score (nSPS) is 13.5. The topological polar surface area (TPSA) is 12.5 Å². The molecule has 0 aromatic carbocycles. The molecular formula is C11H24BrNO. The molecule has 0 aliphatic heterocycles. The SMILES string of the molecule is CCC(C)N(CCCCBr)CCOC. The molecule has 3 heteroatoms. The van der Waals surface area contributed by atoms with Crippen LogP contribution in [0.25, 0.3) is 0 Å². The predicted octanol–water partition coefficient (Wildman–Crippen LogP) is 2.91. The van der Waals surface area contributed by atoms with Crippen LogP contribution in [0.4, 0.5) is 0 Å². The summed E-state index contributed by atoms with van der Waals surface area (Å²) in [7, 11) is 1.77. The molecule has 0 heterocycles. The van der Waals surface area contributed by atoms with Gasteiger partial charge < -0.3 is 4.74 Å². The van der Waals surface area contributed by atoms with Crippen LogP contribution in [0.3, 0.4) is 0 Å².